The van der Waals surface area contributed by atoms with Gasteiger partial charge in [-0.1, -0.05) is 30.3 Å². The van der Waals surface area contributed by atoms with E-state index >= 15 is 0 Å². The third kappa shape index (κ3) is 5.36. The second kappa shape index (κ2) is 9.83. The van der Waals surface area contributed by atoms with Crippen molar-refractivity contribution >= 4 is 21.6 Å². The Morgan fingerprint density at radius 2 is 1.66 bits per heavy atom. The van der Waals surface area contributed by atoms with E-state index < -0.39 is 15.9 Å². The number of carbonyl (C=O) groups is 1. The van der Waals surface area contributed by atoms with E-state index in [0.29, 0.717) is 11.6 Å². The summed E-state index contributed by atoms with van der Waals surface area (Å²) in [6, 6.07) is 15.6. The molecule has 1 amide bonds. The minimum atomic E-state index is -3.66. The maximum atomic E-state index is 12.9. The maximum Gasteiger partial charge on any atom is 0.270 e. The van der Waals surface area contributed by atoms with E-state index in [0.717, 1.165) is 29.9 Å². The number of amides is 1. The topological polar surface area (TPSA) is 111 Å². The number of hydrogen-bond donors (Lipinski definition) is 4. The molecule has 2 aromatic carbocycles. The third-order valence-corrected chi connectivity index (χ3v) is 7.62. The quantitative estimate of drug-likeness (QED) is 0.262. The van der Waals surface area contributed by atoms with E-state index in [1.807, 2.05) is 24.3 Å². The molecular formula is C23H28N4O4S. The van der Waals surface area contributed by atoms with Gasteiger partial charge in [0, 0.05) is 43.5 Å². The SMILES string of the molecule is O=C(NO)C1=CCN(S(=O)(=O)c2ccc(-c3ccc(NCCNC4CC4)cc3)cc2)CC1. The summed E-state index contributed by atoms with van der Waals surface area (Å²) in [6.07, 6.45) is 4.35. The zero-order valence-electron chi connectivity index (χ0n) is 17.8. The normalized spacial score (nSPS) is 17.0. The van der Waals surface area contributed by atoms with Gasteiger partial charge in [0.1, 0.15) is 0 Å². The summed E-state index contributed by atoms with van der Waals surface area (Å²) in [5, 5.41) is 15.6. The Hall–Kier alpha value is -2.72. The fraction of sp³-hybridized carbons (Fsp3) is 0.348. The lowest BCUT2D eigenvalue weighted by molar-refractivity contribution is -0.125. The van der Waals surface area contributed by atoms with Gasteiger partial charge < -0.3 is 10.6 Å². The van der Waals surface area contributed by atoms with Crippen molar-refractivity contribution in [3.8, 4) is 11.1 Å². The van der Waals surface area contributed by atoms with Crippen LogP contribution in [-0.4, -0.2) is 56.1 Å². The van der Waals surface area contributed by atoms with Crippen LogP contribution in [0.4, 0.5) is 5.69 Å². The molecule has 1 saturated carbocycles. The minimum Gasteiger partial charge on any atom is -0.384 e. The molecule has 1 heterocycles. The van der Waals surface area contributed by atoms with E-state index in [2.05, 4.69) is 10.6 Å². The van der Waals surface area contributed by atoms with E-state index in [9.17, 15) is 13.2 Å². The molecule has 0 saturated heterocycles. The molecule has 2 aliphatic rings. The first-order valence-electron chi connectivity index (χ1n) is 10.8. The number of nitrogens with zero attached hydrogens (tertiary/aromatic N) is 1. The second-order valence-electron chi connectivity index (χ2n) is 8.04. The van der Waals surface area contributed by atoms with E-state index in [-0.39, 0.29) is 24.4 Å². The number of benzene rings is 2. The van der Waals surface area contributed by atoms with Crippen molar-refractivity contribution in [3.63, 3.8) is 0 Å². The lowest BCUT2D eigenvalue weighted by Gasteiger charge is -2.25. The molecule has 0 aromatic heterocycles. The second-order valence-corrected chi connectivity index (χ2v) is 9.98. The molecule has 0 spiro atoms. The highest BCUT2D eigenvalue weighted by Crippen LogP contribution is 2.26. The smallest absolute Gasteiger partial charge is 0.270 e. The number of carbonyl (C=O) groups excluding carboxylic acids is 1. The molecule has 170 valence electrons. The van der Waals surface area contributed by atoms with Gasteiger partial charge in [-0.15, -0.1) is 0 Å². The lowest BCUT2D eigenvalue weighted by atomic mass is 10.1. The van der Waals surface area contributed by atoms with Gasteiger partial charge in [0.05, 0.1) is 4.90 Å². The van der Waals surface area contributed by atoms with Crippen LogP contribution in [0.3, 0.4) is 0 Å². The molecule has 4 rings (SSSR count). The predicted molar refractivity (Wildman–Crippen MR) is 123 cm³/mol. The highest BCUT2D eigenvalue weighted by atomic mass is 32.2. The molecule has 32 heavy (non-hydrogen) atoms. The highest BCUT2D eigenvalue weighted by Gasteiger charge is 2.27. The summed E-state index contributed by atoms with van der Waals surface area (Å²) >= 11 is 0. The molecule has 4 N–H and O–H groups in total. The monoisotopic (exact) mass is 456 g/mol. The summed E-state index contributed by atoms with van der Waals surface area (Å²) in [5.41, 5.74) is 4.96. The Balaban J connectivity index is 1.37. The standard InChI is InChI=1S/C23H28N4O4S/c28-23(26-29)19-11-15-27(16-12-19)32(30,31)22-9-3-18(4-10-22)17-1-5-20(6-2-17)24-13-14-25-21-7-8-21/h1-6,9-11,21,24-25,29H,7-8,12-16H2,(H,26,28). The van der Waals surface area contributed by atoms with Crippen molar-refractivity contribution in [2.75, 3.05) is 31.5 Å². The first-order valence-corrected chi connectivity index (χ1v) is 12.2. The maximum absolute atomic E-state index is 12.9. The Morgan fingerprint density at radius 1 is 1.00 bits per heavy atom. The summed E-state index contributed by atoms with van der Waals surface area (Å²) in [7, 11) is -3.66. The van der Waals surface area contributed by atoms with Gasteiger partial charge in [0.25, 0.3) is 5.91 Å². The first-order chi connectivity index (χ1) is 15.5. The van der Waals surface area contributed by atoms with Crippen molar-refractivity contribution in [1.29, 1.82) is 0 Å². The van der Waals surface area contributed by atoms with E-state index in [4.69, 9.17) is 5.21 Å². The van der Waals surface area contributed by atoms with E-state index in [1.165, 1.54) is 23.2 Å². The molecule has 1 aliphatic heterocycles. The molecule has 0 atom stereocenters. The Labute approximate surface area is 188 Å². The number of rotatable bonds is 9. The molecular weight excluding hydrogens is 428 g/mol. The van der Waals surface area contributed by atoms with Gasteiger partial charge in [-0.3, -0.25) is 10.0 Å². The Morgan fingerprint density at radius 3 is 2.22 bits per heavy atom. The number of sulfonamides is 1. The molecule has 9 heteroatoms. The number of anilines is 1. The molecule has 2 aromatic rings. The number of hydrogen-bond acceptors (Lipinski definition) is 6. The minimum absolute atomic E-state index is 0.0947. The predicted octanol–water partition coefficient (Wildman–Crippen LogP) is 2.34. The van der Waals surface area contributed by atoms with Crippen molar-refractivity contribution in [1.82, 2.24) is 15.1 Å². The largest absolute Gasteiger partial charge is 0.384 e. The fourth-order valence-electron chi connectivity index (χ4n) is 3.67. The molecule has 0 bridgehead atoms. The molecule has 0 radical (unpaired) electrons. The Bertz CT molecular complexity index is 1080. The number of hydroxylamine groups is 1. The van der Waals surface area contributed by atoms with Gasteiger partial charge in [0.15, 0.2) is 0 Å². The summed E-state index contributed by atoms with van der Waals surface area (Å²) < 4.78 is 27.2. The van der Waals surface area contributed by atoms with Crippen LogP contribution < -0.4 is 16.1 Å². The first kappa shape index (κ1) is 22.5. The van der Waals surface area contributed by atoms with Gasteiger partial charge in [-0.05, 0) is 54.7 Å². The number of nitrogens with one attached hydrogen (secondary N) is 3. The Kier molecular flexibility index (Phi) is 6.90. The van der Waals surface area contributed by atoms with Crippen molar-refractivity contribution in [2.24, 2.45) is 0 Å². The van der Waals surface area contributed by atoms with Gasteiger partial charge in [-0.25, -0.2) is 13.9 Å². The van der Waals surface area contributed by atoms with Crippen LogP contribution in [0, 0.1) is 0 Å². The van der Waals surface area contributed by atoms with Crippen LogP contribution in [0.15, 0.2) is 65.1 Å². The van der Waals surface area contributed by atoms with Crippen molar-refractivity contribution in [3.05, 3.63) is 60.2 Å². The summed E-state index contributed by atoms with van der Waals surface area (Å²) in [6.45, 7) is 2.11. The van der Waals surface area contributed by atoms with Crippen LogP contribution in [0.5, 0.6) is 0 Å². The average molecular weight is 457 g/mol. The highest BCUT2D eigenvalue weighted by molar-refractivity contribution is 7.89. The van der Waals surface area contributed by atoms with Crippen molar-refractivity contribution < 1.29 is 18.4 Å². The van der Waals surface area contributed by atoms with Crippen LogP contribution in [0.25, 0.3) is 11.1 Å². The lowest BCUT2D eigenvalue weighted by Crippen LogP contribution is -2.37. The fourth-order valence-corrected chi connectivity index (χ4v) is 5.05. The van der Waals surface area contributed by atoms with Crippen LogP contribution >= 0.6 is 0 Å². The van der Waals surface area contributed by atoms with Gasteiger partial charge >= 0.3 is 0 Å². The van der Waals surface area contributed by atoms with Gasteiger partial charge in [0.2, 0.25) is 10.0 Å². The van der Waals surface area contributed by atoms with Crippen LogP contribution in [-0.2, 0) is 14.8 Å². The summed E-state index contributed by atoms with van der Waals surface area (Å²) in [4.78, 5) is 11.7. The third-order valence-electron chi connectivity index (χ3n) is 5.74. The summed E-state index contributed by atoms with van der Waals surface area (Å²) in [5.74, 6) is -0.595. The molecule has 8 nitrogen and oxygen atoms in total. The molecule has 0 unspecified atom stereocenters. The van der Waals surface area contributed by atoms with Crippen molar-refractivity contribution in [2.45, 2.75) is 30.2 Å². The van der Waals surface area contributed by atoms with Crippen LogP contribution in [0.2, 0.25) is 0 Å². The molecule has 1 aliphatic carbocycles. The zero-order valence-corrected chi connectivity index (χ0v) is 18.6. The van der Waals surface area contributed by atoms with Crippen LogP contribution in [0.1, 0.15) is 19.3 Å². The average Bonchev–Trinajstić information content (AvgIpc) is 3.66. The zero-order chi connectivity index (χ0) is 22.6. The molecule has 1 fully saturated rings. The van der Waals surface area contributed by atoms with Gasteiger partial charge in [-0.2, -0.15) is 4.31 Å². The van der Waals surface area contributed by atoms with E-state index in [1.54, 1.807) is 29.7 Å².